The van der Waals surface area contributed by atoms with Crippen molar-refractivity contribution >= 4 is 50.7 Å². The Kier molecular flexibility index (Phi) is 4.62. The van der Waals surface area contributed by atoms with Gasteiger partial charge in [-0.15, -0.1) is 0 Å². The van der Waals surface area contributed by atoms with Gasteiger partial charge in [0.2, 0.25) is 0 Å². The van der Waals surface area contributed by atoms with Crippen molar-refractivity contribution in [2.75, 3.05) is 5.32 Å². The summed E-state index contributed by atoms with van der Waals surface area (Å²) in [4.78, 5) is 16.0. The molecule has 0 bridgehead atoms. The fourth-order valence-corrected chi connectivity index (χ4v) is 2.74. The van der Waals surface area contributed by atoms with E-state index in [1.807, 2.05) is 0 Å². The average molecular weight is 378 g/mol. The number of rotatable bonds is 2. The van der Waals surface area contributed by atoms with Gasteiger partial charge in [0.15, 0.2) is 5.15 Å². The van der Waals surface area contributed by atoms with Crippen LogP contribution in [0, 0.1) is 12.7 Å². The zero-order chi connectivity index (χ0) is 14.9. The molecule has 20 heavy (non-hydrogen) atoms. The van der Waals surface area contributed by atoms with Gasteiger partial charge in [-0.25, -0.2) is 9.37 Å². The van der Waals surface area contributed by atoms with Crippen molar-refractivity contribution in [3.8, 4) is 0 Å². The molecule has 0 radical (unpaired) electrons. The van der Waals surface area contributed by atoms with Crippen molar-refractivity contribution in [2.45, 2.75) is 6.92 Å². The van der Waals surface area contributed by atoms with Crippen molar-refractivity contribution in [2.24, 2.45) is 0 Å². The Morgan fingerprint density at radius 3 is 2.70 bits per heavy atom. The summed E-state index contributed by atoms with van der Waals surface area (Å²) in [5, 5.41) is 2.81. The number of aryl methyl sites for hydroxylation is 1. The van der Waals surface area contributed by atoms with Crippen molar-refractivity contribution < 1.29 is 9.18 Å². The maximum Gasteiger partial charge on any atom is 0.259 e. The zero-order valence-corrected chi connectivity index (χ0v) is 13.3. The molecule has 7 heteroatoms. The molecule has 2 rings (SSSR count). The van der Waals surface area contributed by atoms with Gasteiger partial charge >= 0.3 is 0 Å². The summed E-state index contributed by atoms with van der Waals surface area (Å²) in [5.74, 6) is -1.25. The molecule has 0 saturated carbocycles. The minimum absolute atomic E-state index is 0.0517. The second-order valence-corrected chi connectivity index (χ2v) is 5.58. The molecule has 1 heterocycles. The first-order valence-electron chi connectivity index (χ1n) is 5.48. The molecule has 0 aliphatic heterocycles. The highest BCUT2D eigenvalue weighted by Gasteiger charge is 2.18. The van der Waals surface area contributed by atoms with Gasteiger partial charge in [-0.3, -0.25) is 4.79 Å². The van der Waals surface area contributed by atoms with Crippen LogP contribution in [0.1, 0.15) is 15.9 Å². The molecule has 1 amide bonds. The Morgan fingerprint density at radius 2 is 2.10 bits per heavy atom. The highest BCUT2D eigenvalue weighted by Crippen LogP contribution is 2.28. The fourth-order valence-electron chi connectivity index (χ4n) is 1.64. The monoisotopic (exact) mass is 376 g/mol. The highest BCUT2D eigenvalue weighted by atomic mass is 79.9. The van der Waals surface area contributed by atoms with Gasteiger partial charge in [0, 0.05) is 4.47 Å². The fraction of sp³-hybridized carbons (Fsp3) is 0.0769. The van der Waals surface area contributed by atoms with Crippen LogP contribution < -0.4 is 5.32 Å². The van der Waals surface area contributed by atoms with E-state index in [1.54, 1.807) is 19.1 Å². The number of pyridine rings is 1. The van der Waals surface area contributed by atoms with E-state index in [2.05, 4.69) is 26.2 Å². The summed E-state index contributed by atoms with van der Waals surface area (Å²) < 4.78 is 14.1. The van der Waals surface area contributed by atoms with Crippen LogP contribution in [0.25, 0.3) is 0 Å². The lowest BCUT2D eigenvalue weighted by Crippen LogP contribution is -2.16. The SMILES string of the molecule is Cc1cc(Cl)nc(Cl)c1NC(=O)c1c(F)cccc1Br. The lowest BCUT2D eigenvalue weighted by molar-refractivity contribution is 0.102. The number of nitrogens with one attached hydrogen (secondary N) is 1. The number of carbonyl (C=O) groups is 1. The van der Waals surface area contributed by atoms with Crippen LogP contribution in [0.2, 0.25) is 10.3 Å². The van der Waals surface area contributed by atoms with Gasteiger partial charge in [-0.2, -0.15) is 0 Å². The molecule has 1 aromatic carbocycles. The van der Waals surface area contributed by atoms with E-state index in [0.717, 1.165) is 0 Å². The van der Waals surface area contributed by atoms with Gasteiger partial charge in [0.05, 0.1) is 11.3 Å². The van der Waals surface area contributed by atoms with Gasteiger partial charge in [0.25, 0.3) is 5.91 Å². The summed E-state index contributed by atoms with van der Waals surface area (Å²) in [6.07, 6.45) is 0. The number of aromatic nitrogens is 1. The Bertz CT molecular complexity index is 651. The normalized spacial score (nSPS) is 10.4. The molecule has 0 aliphatic rings. The van der Waals surface area contributed by atoms with E-state index in [4.69, 9.17) is 23.2 Å². The number of carbonyl (C=O) groups excluding carboxylic acids is 1. The number of hydrogen-bond acceptors (Lipinski definition) is 2. The number of benzene rings is 1. The van der Waals surface area contributed by atoms with Crippen LogP contribution in [-0.2, 0) is 0 Å². The second kappa shape index (κ2) is 6.08. The largest absolute Gasteiger partial charge is 0.319 e. The maximum absolute atomic E-state index is 13.7. The third-order valence-electron chi connectivity index (χ3n) is 2.57. The number of nitrogens with zero attached hydrogens (tertiary/aromatic N) is 1. The van der Waals surface area contributed by atoms with E-state index in [-0.39, 0.29) is 15.9 Å². The molecule has 0 saturated heterocycles. The van der Waals surface area contributed by atoms with Crippen LogP contribution in [0.3, 0.4) is 0 Å². The van der Waals surface area contributed by atoms with Gasteiger partial charge < -0.3 is 5.32 Å². The summed E-state index contributed by atoms with van der Waals surface area (Å²) >= 11 is 14.8. The minimum Gasteiger partial charge on any atom is -0.319 e. The minimum atomic E-state index is -0.632. The number of amides is 1. The molecule has 0 fully saturated rings. The van der Waals surface area contributed by atoms with Crippen LogP contribution in [0.5, 0.6) is 0 Å². The predicted molar refractivity (Wildman–Crippen MR) is 81.0 cm³/mol. The number of hydrogen-bond donors (Lipinski definition) is 1. The lowest BCUT2D eigenvalue weighted by atomic mass is 10.2. The Hall–Kier alpha value is -1.17. The number of halogens is 4. The molecule has 1 aromatic heterocycles. The zero-order valence-electron chi connectivity index (χ0n) is 10.2. The molecule has 104 valence electrons. The Balaban J connectivity index is 2.38. The summed E-state index contributed by atoms with van der Waals surface area (Å²) in [6.45, 7) is 1.71. The Labute approximate surface area is 133 Å². The molecule has 0 aliphatic carbocycles. The maximum atomic E-state index is 13.7. The quantitative estimate of drug-likeness (QED) is 0.760. The van der Waals surface area contributed by atoms with E-state index >= 15 is 0 Å². The molecule has 3 nitrogen and oxygen atoms in total. The van der Waals surface area contributed by atoms with Crippen LogP contribution in [0.15, 0.2) is 28.7 Å². The molecule has 0 spiro atoms. The summed E-state index contributed by atoms with van der Waals surface area (Å²) in [7, 11) is 0. The first-order chi connectivity index (χ1) is 9.40. The lowest BCUT2D eigenvalue weighted by Gasteiger charge is -2.11. The molecule has 2 aromatic rings. The predicted octanol–water partition coefficient (Wildman–Crippen LogP) is 4.85. The van der Waals surface area contributed by atoms with E-state index in [9.17, 15) is 9.18 Å². The van der Waals surface area contributed by atoms with Crippen LogP contribution in [0.4, 0.5) is 10.1 Å². The van der Waals surface area contributed by atoms with Gasteiger partial charge in [0.1, 0.15) is 11.0 Å². The third kappa shape index (κ3) is 3.11. The average Bonchev–Trinajstić information content (AvgIpc) is 2.33. The first-order valence-corrected chi connectivity index (χ1v) is 7.03. The van der Waals surface area contributed by atoms with E-state index < -0.39 is 11.7 Å². The van der Waals surface area contributed by atoms with Crippen molar-refractivity contribution in [3.05, 3.63) is 56.0 Å². The van der Waals surface area contributed by atoms with Crippen molar-refractivity contribution in [1.82, 2.24) is 4.98 Å². The third-order valence-corrected chi connectivity index (χ3v) is 3.70. The van der Waals surface area contributed by atoms with E-state index in [0.29, 0.717) is 15.7 Å². The van der Waals surface area contributed by atoms with Crippen molar-refractivity contribution in [3.63, 3.8) is 0 Å². The Morgan fingerprint density at radius 1 is 1.40 bits per heavy atom. The topological polar surface area (TPSA) is 42.0 Å². The van der Waals surface area contributed by atoms with Gasteiger partial charge in [-0.05, 0) is 46.6 Å². The van der Waals surface area contributed by atoms with Crippen LogP contribution in [-0.4, -0.2) is 10.9 Å². The summed E-state index contributed by atoms with van der Waals surface area (Å²) in [5.41, 5.74) is 0.838. The molecule has 0 atom stereocenters. The smallest absolute Gasteiger partial charge is 0.259 e. The van der Waals surface area contributed by atoms with Crippen molar-refractivity contribution in [1.29, 1.82) is 0 Å². The molecule has 0 unspecified atom stereocenters. The van der Waals surface area contributed by atoms with Crippen LogP contribution >= 0.6 is 39.1 Å². The molecular formula is C13H8BrCl2FN2O. The summed E-state index contributed by atoms with van der Waals surface area (Å²) in [6, 6.07) is 5.83. The van der Waals surface area contributed by atoms with E-state index in [1.165, 1.54) is 12.1 Å². The van der Waals surface area contributed by atoms with Gasteiger partial charge in [-0.1, -0.05) is 29.3 Å². The standard InChI is InChI=1S/C13H8BrCl2FN2O/c1-6-5-9(15)18-12(16)11(6)19-13(20)10-7(14)3-2-4-8(10)17/h2-5H,1H3,(H,19,20). The highest BCUT2D eigenvalue weighted by molar-refractivity contribution is 9.10. The molecular weight excluding hydrogens is 370 g/mol. The number of anilines is 1. The molecule has 1 N–H and O–H groups in total. The first kappa shape index (κ1) is 15.2. The second-order valence-electron chi connectivity index (χ2n) is 3.98.